The summed E-state index contributed by atoms with van der Waals surface area (Å²) in [4.78, 5) is 13.3. The van der Waals surface area contributed by atoms with E-state index in [4.69, 9.17) is 4.74 Å². The smallest absolute Gasteiger partial charge is 0.306 e. The molecule has 1 rings (SSSR count). The molecule has 1 aromatic carbocycles. The zero-order valence-electron chi connectivity index (χ0n) is 11.8. The lowest BCUT2D eigenvalue weighted by atomic mass is 10.3. The second-order valence-electron chi connectivity index (χ2n) is 4.28. The molecule has 0 bridgehead atoms. The number of hydrogen-bond donors (Lipinski definition) is 0. The van der Waals surface area contributed by atoms with Crippen LogP contribution in [0.1, 0.15) is 19.8 Å². The summed E-state index contributed by atoms with van der Waals surface area (Å²) in [6.07, 6.45) is 1.40. The Morgan fingerprint density at radius 3 is 2.58 bits per heavy atom. The fourth-order valence-electron chi connectivity index (χ4n) is 1.77. The molecule has 0 aromatic heterocycles. The number of hydrogen-bond acceptors (Lipinski definition) is 4. The van der Waals surface area contributed by atoms with Gasteiger partial charge in [-0.1, -0.05) is 25.1 Å². The molecule has 0 fully saturated rings. The number of para-hydroxylation sites is 1. The SMILES string of the molecule is CCN(CCCOc1ccccc1)CCC(=O)OC. The Morgan fingerprint density at radius 2 is 1.95 bits per heavy atom. The summed E-state index contributed by atoms with van der Waals surface area (Å²) in [5, 5.41) is 0. The fourth-order valence-corrected chi connectivity index (χ4v) is 1.77. The second kappa shape index (κ2) is 9.39. The number of nitrogens with zero attached hydrogens (tertiary/aromatic N) is 1. The number of carbonyl (C=O) groups excluding carboxylic acids is 1. The third-order valence-electron chi connectivity index (χ3n) is 2.94. The first-order valence-electron chi connectivity index (χ1n) is 6.73. The van der Waals surface area contributed by atoms with Crippen molar-refractivity contribution in [1.82, 2.24) is 4.90 Å². The molecule has 0 saturated heterocycles. The van der Waals surface area contributed by atoms with Crippen LogP contribution >= 0.6 is 0 Å². The molecule has 0 aliphatic rings. The maximum absolute atomic E-state index is 11.1. The van der Waals surface area contributed by atoms with Crippen LogP contribution in [0.15, 0.2) is 30.3 Å². The van der Waals surface area contributed by atoms with Crippen molar-refractivity contribution >= 4 is 5.97 Å². The number of methoxy groups -OCH3 is 1. The Hall–Kier alpha value is -1.55. The summed E-state index contributed by atoms with van der Waals surface area (Å²) in [6, 6.07) is 9.80. The van der Waals surface area contributed by atoms with Crippen molar-refractivity contribution in [3.8, 4) is 5.75 Å². The molecular formula is C15H23NO3. The van der Waals surface area contributed by atoms with E-state index < -0.39 is 0 Å². The molecule has 1 aromatic rings. The van der Waals surface area contributed by atoms with Crippen molar-refractivity contribution in [2.45, 2.75) is 19.8 Å². The highest BCUT2D eigenvalue weighted by atomic mass is 16.5. The Morgan fingerprint density at radius 1 is 1.21 bits per heavy atom. The quantitative estimate of drug-likeness (QED) is 0.507. The van der Waals surface area contributed by atoms with Gasteiger partial charge in [-0.15, -0.1) is 0 Å². The molecule has 0 N–H and O–H groups in total. The lowest BCUT2D eigenvalue weighted by Crippen LogP contribution is -2.28. The van der Waals surface area contributed by atoms with Gasteiger partial charge in [0.25, 0.3) is 0 Å². The van der Waals surface area contributed by atoms with Gasteiger partial charge in [0.05, 0.1) is 20.1 Å². The molecule has 19 heavy (non-hydrogen) atoms. The maximum Gasteiger partial charge on any atom is 0.306 e. The average Bonchev–Trinajstić information content (AvgIpc) is 2.47. The first-order chi connectivity index (χ1) is 9.26. The molecule has 0 heterocycles. The molecule has 0 aliphatic carbocycles. The molecule has 0 atom stereocenters. The van der Waals surface area contributed by atoms with Gasteiger partial charge in [0.2, 0.25) is 0 Å². The van der Waals surface area contributed by atoms with Gasteiger partial charge in [-0.25, -0.2) is 0 Å². The molecule has 0 saturated carbocycles. The van der Waals surface area contributed by atoms with Crippen LogP contribution in [0.4, 0.5) is 0 Å². The first kappa shape index (κ1) is 15.5. The summed E-state index contributed by atoms with van der Waals surface area (Å²) in [7, 11) is 1.42. The molecule has 0 unspecified atom stereocenters. The summed E-state index contributed by atoms with van der Waals surface area (Å²) in [6.45, 7) is 5.39. The van der Waals surface area contributed by atoms with Crippen LogP contribution in [-0.4, -0.2) is 44.2 Å². The third kappa shape index (κ3) is 6.82. The number of rotatable bonds is 9. The predicted octanol–water partition coefficient (Wildman–Crippen LogP) is 2.34. The highest BCUT2D eigenvalue weighted by molar-refractivity contribution is 5.69. The van der Waals surface area contributed by atoms with Gasteiger partial charge < -0.3 is 14.4 Å². The summed E-state index contributed by atoms with van der Waals surface area (Å²) >= 11 is 0. The third-order valence-corrected chi connectivity index (χ3v) is 2.94. The van der Waals surface area contributed by atoms with E-state index in [2.05, 4.69) is 16.6 Å². The number of ether oxygens (including phenoxy) is 2. The van der Waals surface area contributed by atoms with E-state index in [1.54, 1.807) is 0 Å². The van der Waals surface area contributed by atoms with E-state index in [0.717, 1.165) is 31.8 Å². The largest absolute Gasteiger partial charge is 0.494 e. The van der Waals surface area contributed by atoms with Crippen LogP contribution in [-0.2, 0) is 9.53 Å². The van der Waals surface area contributed by atoms with Crippen molar-refractivity contribution in [1.29, 1.82) is 0 Å². The van der Waals surface area contributed by atoms with E-state index in [1.807, 2.05) is 30.3 Å². The highest BCUT2D eigenvalue weighted by Crippen LogP contribution is 2.08. The lowest BCUT2D eigenvalue weighted by Gasteiger charge is -2.19. The normalized spacial score (nSPS) is 10.5. The number of esters is 1. The van der Waals surface area contributed by atoms with Crippen LogP contribution in [0.3, 0.4) is 0 Å². The minimum atomic E-state index is -0.154. The van der Waals surface area contributed by atoms with Crippen LogP contribution < -0.4 is 4.74 Å². The van der Waals surface area contributed by atoms with Crippen LogP contribution in [0.25, 0.3) is 0 Å². The highest BCUT2D eigenvalue weighted by Gasteiger charge is 2.06. The Kier molecular flexibility index (Phi) is 7.66. The van der Waals surface area contributed by atoms with Crippen molar-refractivity contribution in [3.05, 3.63) is 30.3 Å². The van der Waals surface area contributed by atoms with E-state index in [0.29, 0.717) is 13.0 Å². The van der Waals surface area contributed by atoms with Gasteiger partial charge in [0.15, 0.2) is 0 Å². The minimum Gasteiger partial charge on any atom is -0.494 e. The van der Waals surface area contributed by atoms with E-state index in [1.165, 1.54) is 7.11 Å². The Balaban J connectivity index is 2.14. The topological polar surface area (TPSA) is 38.8 Å². The van der Waals surface area contributed by atoms with Gasteiger partial charge in [0.1, 0.15) is 5.75 Å². The lowest BCUT2D eigenvalue weighted by molar-refractivity contribution is -0.140. The van der Waals surface area contributed by atoms with Crippen molar-refractivity contribution in [2.24, 2.45) is 0 Å². The summed E-state index contributed by atoms with van der Waals surface area (Å²) in [5.74, 6) is 0.749. The molecule has 0 aliphatic heterocycles. The summed E-state index contributed by atoms with van der Waals surface area (Å²) in [5.41, 5.74) is 0. The van der Waals surface area contributed by atoms with E-state index in [9.17, 15) is 4.79 Å². The molecule has 0 radical (unpaired) electrons. The zero-order valence-corrected chi connectivity index (χ0v) is 11.8. The van der Waals surface area contributed by atoms with Gasteiger partial charge in [-0.3, -0.25) is 4.79 Å². The van der Waals surface area contributed by atoms with Crippen LogP contribution in [0.5, 0.6) is 5.75 Å². The van der Waals surface area contributed by atoms with Crippen molar-refractivity contribution in [2.75, 3.05) is 33.4 Å². The second-order valence-corrected chi connectivity index (χ2v) is 4.28. The standard InChI is InChI=1S/C15H23NO3/c1-3-16(12-10-15(17)18-2)11-7-13-19-14-8-5-4-6-9-14/h4-6,8-9H,3,7,10-13H2,1-2H3. The molecular weight excluding hydrogens is 242 g/mol. The molecule has 4 nitrogen and oxygen atoms in total. The predicted molar refractivity (Wildman–Crippen MR) is 75.3 cm³/mol. The number of benzene rings is 1. The van der Waals surface area contributed by atoms with E-state index >= 15 is 0 Å². The Bertz CT molecular complexity index is 354. The van der Waals surface area contributed by atoms with Gasteiger partial charge in [0, 0.05) is 13.1 Å². The van der Waals surface area contributed by atoms with Crippen LogP contribution in [0.2, 0.25) is 0 Å². The first-order valence-corrected chi connectivity index (χ1v) is 6.73. The van der Waals surface area contributed by atoms with Crippen LogP contribution in [0, 0.1) is 0 Å². The monoisotopic (exact) mass is 265 g/mol. The van der Waals surface area contributed by atoms with Gasteiger partial charge >= 0.3 is 5.97 Å². The fraction of sp³-hybridized carbons (Fsp3) is 0.533. The average molecular weight is 265 g/mol. The molecule has 0 amide bonds. The minimum absolute atomic E-state index is 0.154. The number of carbonyl (C=O) groups is 1. The van der Waals surface area contributed by atoms with Gasteiger partial charge in [-0.2, -0.15) is 0 Å². The molecule has 4 heteroatoms. The Labute approximate surface area is 115 Å². The van der Waals surface area contributed by atoms with E-state index in [-0.39, 0.29) is 5.97 Å². The molecule has 0 spiro atoms. The van der Waals surface area contributed by atoms with Crippen molar-refractivity contribution < 1.29 is 14.3 Å². The van der Waals surface area contributed by atoms with Crippen molar-refractivity contribution in [3.63, 3.8) is 0 Å². The van der Waals surface area contributed by atoms with Gasteiger partial charge in [-0.05, 0) is 25.1 Å². The summed E-state index contributed by atoms with van der Waals surface area (Å²) < 4.78 is 10.3. The zero-order chi connectivity index (χ0) is 13.9. The maximum atomic E-state index is 11.1. The molecule has 106 valence electrons.